The fourth-order valence-corrected chi connectivity index (χ4v) is 7.25. The number of benzene rings is 3. The summed E-state index contributed by atoms with van der Waals surface area (Å²) in [6, 6.07) is 23.8. The maximum Gasteiger partial charge on any atom is 0.340 e. The minimum atomic E-state index is -3.97. The molecule has 0 aliphatic carbocycles. The number of thiophene rings is 1. The highest BCUT2D eigenvalue weighted by Crippen LogP contribution is 2.47. The second-order valence-electron chi connectivity index (χ2n) is 7.55. The normalized spacial score (nSPS) is 12.4. The number of halogens is 1. The summed E-state index contributed by atoms with van der Waals surface area (Å²) >= 11 is 8.32. The van der Waals surface area contributed by atoms with Crippen LogP contribution in [0.5, 0.6) is 0 Å². The highest BCUT2D eigenvalue weighted by Gasteiger charge is 2.29. The largest absolute Gasteiger partial charge is 0.452 e. The predicted octanol–water partition coefficient (Wildman–Crippen LogP) is 6.19. The van der Waals surface area contributed by atoms with Gasteiger partial charge in [0.05, 0.1) is 27.0 Å². The number of fused-ring (bicyclic) bond motifs is 2. The maximum absolute atomic E-state index is 13.3. The Morgan fingerprint density at radius 3 is 2.11 bits per heavy atom. The van der Waals surface area contributed by atoms with Gasteiger partial charge >= 0.3 is 5.97 Å². The summed E-state index contributed by atoms with van der Waals surface area (Å²) in [4.78, 5) is 29.5. The molecule has 1 aromatic heterocycles. The van der Waals surface area contributed by atoms with Crippen molar-refractivity contribution in [1.82, 2.24) is 0 Å². The molecule has 1 aliphatic rings. The molecule has 1 amide bonds. The van der Waals surface area contributed by atoms with Crippen LogP contribution in [0.25, 0.3) is 0 Å². The van der Waals surface area contributed by atoms with Crippen molar-refractivity contribution in [2.24, 2.45) is 0 Å². The molecule has 0 unspecified atom stereocenters. The Labute approximate surface area is 220 Å². The molecule has 0 spiro atoms. The van der Waals surface area contributed by atoms with Crippen LogP contribution in [-0.4, -0.2) is 26.9 Å². The van der Waals surface area contributed by atoms with E-state index in [4.69, 9.17) is 16.3 Å². The number of carbonyl (C=O) groups excluding carboxylic acids is 2. The molecule has 11 heteroatoms. The standard InChI is InChI=1S/C25H17ClN2O5S3/c26-22-13-14-24(35-22)36(31,32)27-17-8-2-1-7-16(17)25(30)33-15-23(29)28-18-9-3-5-11-20(18)34-21-12-6-4-10-19(21)28/h1-14,27H,15H2. The van der Waals surface area contributed by atoms with Crippen molar-refractivity contribution in [2.75, 3.05) is 16.2 Å². The molecule has 0 radical (unpaired) electrons. The molecular weight excluding hydrogens is 540 g/mol. The SMILES string of the molecule is O=C(OCC(=O)N1c2ccccc2Sc2ccccc21)c1ccccc1NS(=O)(=O)c1ccc(Cl)s1. The summed E-state index contributed by atoms with van der Waals surface area (Å²) in [5.41, 5.74) is 1.41. The van der Waals surface area contributed by atoms with E-state index in [0.717, 1.165) is 21.1 Å². The van der Waals surface area contributed by atoms with Gasteiger partial charge in [0.2, 0.25) is 0 Å². The second kappa shape index (κ2) is 9.98. The van der Waals surface area contributed by atoms with Crippen LogP contribution in [0.3, 0.4) is 0 Å². The summed E-state index contributed by atoms with van der Waals surface area (Å²) in [7, 11) is -3.97. The third kappa shape index (κ3) is 4.85. The Morgan fingerprint density at radius 1 is 0.861 bits per heavy atom. The number of para-hydroxylation sites is 3. The molecule has 1 aliphatic heterocycles. The number of sulfonamides is 1. The number of rotatable bonds is 6. The van der Waals surface area contributed by atoms with Crippen LogP contribution in [0.1, 0.15) is 10.4 Å². The van der Waals surface area contributed by atoms with E-state index in [1.54, 1.807) is 23.9 Å². The van der Waals surface area contributed by atoms with Gasteiger partial charge in [0.25, 0.3) is 15.9 Å². The smallest absolute Gasteiger partial charge is 0.340 e. The van der Waals surface area contributed by atoms with Crippen LogP contribution < -0.4 is 9.62 Å². The van der Waals surface area contributed by atoms with E-state index >= 15 is 0 Å². The van der Waals surface area contributed by atoms with Gasteiger partial charge in [0.1, 0.15) is 4.21 Å². The molecular formula is C25H17ClN2O5S3. The summed E-state index contributed by atoms with van der Waals surface area (Å²) in [6.07, 6.45) is 0. The monoisotopic (exact) mass is 556 g/mol. The minimum Gasteiger partial charge on any atom is -0.452 e. The number of amides is 1. The second-order valence-corrected chi connectivity index (χ2v) is 12.3. The number of nitrogens with one attached hydrogen (secondary N) is 1. The summed E-state index contributed by atoms with van der Waals surface area (Å²) in [5, 5.41) is 0. The lowest BCUT2D eigenvalue weighted by molar-refractivity contribution is -0.121. The fourth-order valence-electron chi connectivity index (χ4n) is 3.63. The first-order valence-electron chi connectivity index (χ1n) is 10.6. The van der Waals surface area contributed by atoms with Gasteiger partial charge < -0.3 is 4.74 Å². The van der Waals surface area contributed by atoms with Crippen molar-refractivity contribution in [1.29, 1.82) is 0 Å². The van der Waals surface area contributed by atoms with Crippen LogP contribution >= 0.6 is 34.7 Å². The van der Waals surface area contributed by atoms with E-state index in [-0.39, 0.29) is 15.5 Å². The average molecular weight is 557 g/mol. The lowest BCUT2D eigenvalue weighted by Gasteiger charge is -2.30. The molecule has 36 heavy (non-hydrogen) atoms. The number of hydrogen-bond donors (Lipinski definition) is 1. The molecule has 0 fully saturated rings. The Balaban J connectivity index is 1.35. The quantitative estimate of drug-likeness (QED) is 0.285. The van der Waals surface area contributed by atoms with Crippen LogP contribution in [0.2, 0.25) is 4.34 Å². The Morgan fingerprint density at radius 2 is 1.47 bits per heavy atom. The first kappa shape index (κ1) is 24.4. The maximum atomic E-state index is 13.3. The number of nitrogens with zero attached hydrogens (tertiary/aromatic N) is 1. The van der Waals surface area contributed by atoms with Crippen molar-refractivity contribution >= 4 is 73.7 Å². The number of anilines is 3. The van der Waals surface area contributed by atoms with Gasteiger partial charge in [-0.3, -0.25) is 14.4 Å². The van der Waals surface area contributed by atoms with Crippen LogP contribution in [0.15, 0.2) is 98.9 Å². The van der Waals surface area contributed by atoms with Crippen molar-refractivity contribution in [3.8, 4) is 0 Å². The zero-order valence-electron chi connectivity index (χ0n) is 18.4. The average Bonchev–Trinajstić information content (AvgIpc) is 3.33. The van der Waals surface area contributed by atoms with E-state index in [1.807, 2.05) is 48.5 Å². The molecule has 1 N–H and O–H groups in total. The van der Waals surface area contributed by atoms with Gasteiger partial charge in [-0.1, -0.05) is 59.8 Å². The molecule has 4 aromatic rings. The highest BCUT2D eigenvalue weighted by atomic mass is 35.5. The molecule has 7 nitrogen and oxygen atoms in total. The first-order chi connectivity index (χ1) is 17.3. The highest BCUT2D eigenvalue weighted by molar-refractivity contribution is 7.99. The molecule has 0 atom stereocenters. The molecule has 5 rings (SSSR count). The number of esters is 1. The number of ether oxygens (including phenoxy) is 1. The third-order valence-electron chi connectivity index (χ3n) is 5.21. The number of hydrogen-bond acceptors (Lipinski definition) is 7. The van der Waals surface area contributed by atoms with Gasteiger partial charge in [-0.05, 0) is 48.5 Å². The van der Waals surface area contributed by atoms with Crippen LogP contribution in [0, 0.1) is 0 Å². The molecule has 0 bridgehead atoms. The Bertz CT molecular complexity index is 1540. The predicted molar refractivity (Wildman–Crippen MR) is 141 cm³/mol. The van der Waals surface area contributed by atoms with Crippen molar-refractivity contribution in [2.45, 2.75) is 14.0 Å². The van der Waals surface area contributed by atoms with E-state index in [1.165, 1.54) is 29.2 Å². The van der Waals surface area contributed by atoms with Gasteiger partial charge in [0.15, 0.2) is 6.61 Å². The van der Waals surface area contributed by atoms with Crippen molar-refractivity contribution < 1.29 is 22.7 Å². The van der Waals surface area contributed by atoms with Crippen LogP contribution in [-0.2, 0) is 19.6 Å². The lowest BCUT2D eigenvalue weighted by atomic mass is 10.2. The molecule has 0 saturated carbocycles. The first-order valence-corrected chi connectivity index (χ1v) is 14.1. The van der Waals surface area contributed by atoms with Crippen molar-refractivity contribution in [3.05, 3.63) is 94.8 Å². The summed E-state index contributed by atoms with van der Waals surface area (Å²) < 4.78 is 33.5. The third-order valence-corrected chi connectivity index (χ3v) is 9.43. The molecule has 0 saturated heterocycles. The van der Waals surface area contributed by atoms with Gasteiger partial charge in [-0.15, -0.1) is 11.3 Å². The van der Waals surface area contributed by atoms with Gasteiger partial charge in [-0.25, -0.2) is 13.2 Å². The summed E-state index contributed by atoms with van der Waals surface area (Å²) in [6.45, 7) is -0.534. The molecule has 3 aromatic carbocycles. The zero-order chi connectivity index (χ0) is 25.3. The lowest BCUT2D eigenvalue weighted by Crippen LogP contribution is -2.32. The zero-order valence-corrected chi connectivity index (χ0v) is 21.6. The van der Waals surface area contributed by atoms with Crippen LogP contribution in [0.4, 0.5) is 17.1 Å². The molecule has 182 valence electrons. The van der Waals surface area contributed by atoms with E-state index < -0.39 is 28.5 Å². The Hall–Kier alpha value is -3.31. The summed E-state index contributed by atoms with van der Waals surface area (Å²) in [5.74, 6) is -1.27. The Kier molecular flexibility index (Phi) is 6.76. The minimum absolute atomic E-state index is 0.00569. The molecule has 2 heterocycles. The fraction of sp³-hybridized carbons (Fsp3) is 0.0400. The topological polar surface area (TPSA) is 92.8 Å². The van der Waals surface area contributed by atoms with E-state index in [0.29, 0.717) is 15.7 Å². The van der Waals surface area contributed by atoms with E-state index in [2.05, 4.69) is 4.72 Å². The van der Waals surface area contributed by atoms with E-state index in [9.17, 15) is 18.0 Å². The van der Waals surface area contributed by atoms with Crippen molar-refractivity contribution in [3.63, 3.8) is 0 Å². The van der Waals surface area contributed by atoms with Gasteiger partial charge in [-0.2, -0.15) is 0 Å². The number of carbonyl (C=O) groups is 2. The van der Waals surface area contributed by atoms with Gasteiger partial charge in [0, 0.05) is 9.79 Å².